The van der Waals surface area contributed by atoms with Crippen LogP contribution in [0.4, 0.5) is 5.69 Å². The van der Waals surface area contributed by atoms with Gasteiger partial charge in [0.2, 0.25) is 0 Å². The minimum atomic E-state index is 0.384. The third-order valence-corrected chi connectivity index (χ3v) is 3.04. The number of ether oxygens (including phenoxy) is 1. The number of anilines is 1. The SMILES string of the molecule is N#Cc1ccc(N[C@H]2CCOC2)c(Br)c1. The highest BCUT2D eigenvalue weighted by atomic mass is 79.9. The van der Waals surface area contributed by atoms with Crippen molar-refractivity contribution < 1.29 is 4.74 Å². The summed E-state index contributed by atoms with van der Waals surface area (Å²) in [6, 6.07) is 8.03. The van der Waals surface area contributed by atoms with Gasteiger partial charge in [0.15, 0.2) is 0 Å². The van der Waals surface area contributed by atoms with Gasteiger partial charge < -0.3 is 10.1 Å². The second-order valence-corrected chi connectivity index (χ2v) is 4.37. The maximum Gasteiger partial charge on any atom is 0.0992 e. The zero-order valence-electron chi connectivity index (χ0n) is 8.16. The maximum atomic E-state index is 8.73. The monoisotopic (exact) mass is 266 g/mol. The van der Waals surface area contributed by atoms with Crippen LogP contribution >= 0.6 is 15.9 Å². The van der Waals surface area contributed by atoms with Gasteiger partial charge in [-0.3, -0.25) is 0 Å². The van der Waals surface area contributed by atoms with Gasteiger partial charge >= 0.3 is 0 Å². The summed E-state index contributed by atoms with van der Waals surface area (Å²) in [6.07, 6.45) is 1.03. The Hall–Kier alpha value is -1.05. The van der Waals surface area contributed by atoms with Crippen molar-refractivity contribution in [3.8, 4) is 6.07 Å². The summed E-state index contributed by atoms with van der Waals surface area (Å²) in [6.45, 7) is 1.58. The highest BCUT2D eigenvalue weighted by Gasteiger charge is 2.15. The summed E-state index contributed by atoms with van der Waals surface area (Å²) in [5.74, 6) is 0. The molecular weight excluding hydrogens is 256 g/mol. The lowest BCUT2D eigenvalue weighted by molar-refractivity contribution is 0.195. The van der Waals surface area contributed by atoms with Crippen molar-refractivity contribution in [3.63, 3.8) is 0 Å². The van der Waals surface area contributed by atoms with Crippen LogP contribution in [-0.2, 0) is 4.74 Å². The quantitative estimate of drug-likeness (QED) is 0.895. The predicted octanol–water partition coefficient (Wildman–Crippen LogP) is 2.52. The molecule has 3 nitrogen and oxygen atoms in total. The molecule has 15 heavy (non-hydrogen) atoms. The molecule has 1 aliphatic rings. The summed E-state index contributed by atoms with van der Waals surface area (Å²) in [5, 5.41) is 12.1. The molecule has 0 radical (unpaired) electrons. The van der Waals surface area contributed by atoms with E-state index in [0.717, 1.165) is 29.8 Å². The topological polar surface area (TPSA) is 45.0 Å². The Morgan fingerprint density at radius 3 is 3.00 bits per heavy atom. The Labute approximate surface area is 97.2 Å². The van der Waals surface area contributed by atoms with Crippen molar-refractivity contribution in [2.24, 2.45) is 0 Å². The molecule has 1 saturated heterocycles. The highest BCUT2D eigenvalue weighted by Crippen LogP contribution is 2.25. The lowest BCUT2D eigenvalue weighted by Crippen LogP contribution is -2.19. The van der Waals surface area contributed by atoms with Crippen molar-refractivity contribution in [2.75, 3.05) is 18.5 Å². The van der Waals surface area contributed by atoms with E-state index in [0.29, 0.717) is 11.6 Å². The van der Waals surface area contributed by atoms with Gasteiger partial charge in [-0.15, -0.1) is 0 Å². The number of hydrogen-bond acceptors (Lipinski definition) is 3. The number of nitriles is 1. The minimum Gasteiger partial charge on any atom is -0.379 e. The average Bonchev–Trinajstić information content (AvgIpc) is 2.74. The lowest BCUT2D eigenvalue weighted by atomic mass is 10.2. The van der Waals surface area contributed by atoms with Crippen LogP contribution < -0.4 is 5.32 Å². The van der Waals surface area contributed by atoms with Gasteiger partial charge in [0.25, 0.3) is 0 Å². The molecule has 0 spiro atoms. The number of nitrogens with zero attached hydrogens (tertiary/aromatic N) is 1. The van der Waals surface area contributed by atoms with E-state index in [4.69, 9.17) is 10.00 Å². The summed E-state index contributed by atoms with van der Waals surface area (Å²) in [4.78, 5) is 0. The minimum absolute atomic E-state index is 0.384. The van der Waals surface area contributed by atoms with E-state index in [1.54, 1.807) is 0 Å². The molecule has 1 atom stereocenters. The van der Waals surface area contributed by atoms with Crippen LogP contribution in [0.2, 0.25) is 0 Å². The number of benzene rings is 1. The van der Waals surface area contributed by atoms with Gasteiger partial charge in [-0.2, -0.15) is 5.26 Å². The highest BCUT2D eigenvalue weighted by molar-refractivity contribution is 9.10. The number of nitrogens with one attached hydrogen (secondary N) is 1. The molecule has 1 aromatic rings. The fraction of sp³-hybridized carbons (Fsp3) is 0.364. The molecule has 78 valence electrons. The summed E-state index contributed by atoms with van der Waals surface area (Å²) in [5.41, 5.74) is 1.68. The van der Waals surface area contributed by atoms with Crippen molar-refractivity contribution in [1.29, 1.82) is 5.26 Å². The standard InChI is InChI=1S/C11H11BrN2O/c12-10-5-8(6-13)1-2-11(10)14-9-3-4-15-7-9/h1-2,5,9,14H,3-4,7H2/t9-/m0/s1. The fourth-order valence-corrected chi connectivity index (χ4v) is 2.06. The van der Waals surface area contributed by atoms with Crippen LogP contribution in [0.3, 0.4) is 0 Å². The van der Waals surface area contributed by atoms with Gasteiger partial charge in [-0.25, -0.2) is 0 Å². The first kappa shape index (κ1) is 10.5. The Morgan fingerprint density at radius 1 is 1.53 bits per heavy atom. The van der Waals surface area contributed by atoms with Gasteiger partial charge in [0, 0.05) is 16.8 Å². The van der Waals surface area contributed by atoms with Gasteiger partial charge in [0.1, 0.15) is 0 Å². The lowest BCUT2D eigenvalue weighted by Gasteiger charge is -2.13. The van der Waals surface area contributed by atoms with Crippen LogP contribution in [-0.4, -0.2) is 19.3 Å². The first-order valence-corrected chi connectivity index (χ1v) is 5.63. The molecule has 1 heterocycles. The fourth-order valence-electron chi connectivity index (χ4n) is 1.57. The number of rotatable bonds is 2. The Morgan fingerprint density at radius 2 is 2.40 bits per heavy atom. The largest absolute Gasteiger partial charge is 0.379 e. The van der Waals surface area contributed by atoms with Crippen LogP contribution in [0.25, 0.3) is 0 Å². The molecule has 1 N–H and O–H groups in total. The first-order chi connectivity index (χ1) is 7.29. The van der Waals surface area contributed by atoms with E-state index < -0.39 is 0 Å². The van der Waals surface area contributed by atoms with Crippen LogP contribution in [0.15, 0.2) is 22.7 Å². The van der Waals surface area contributed by atoms with Gasteiger partial charge in [-0.05, 0) is 40.5 Å². The molecule has 2 rings (SSSR count). The molecule has 0 unspecified atom stereocenters. The molecule has 0 saturated carbocycles. The summed E-state index contributed by atoms with van der Waals surface area (Å²) >= 11 is 3.44. The number of hydrogen-bond donors (Lipinski definition) is 1. The van der Waals surface area contributed by atoms with Crippen LogP contribution in [0.1, 0.15) is 12.0 Å². The summed E-state index contributed by atoms with van der Waals surface area (Å²) in [7, 11) is 0. The molecule has 0 aromatic heterocycles. The van der Waals surface area contributed by atoms with E-state index in [1.165, 1.54) is 0 Å². The zero-order chi connectivity index (χ0) is 10.7. The predicted molar refractivity (Wildman–Crippen MR) is 61.7 cm³/mol. The molecule has 1 aromatic carbocycles. The normalized spacial score (nSPS) is 19.9. The average molecular weight is 267 g/mol. The van der Waals surface area contributed by atoms with Crippen molar-refractivity contribution >= 4 is 21.6 Å². The van der Waals surface area contributed by atoms with E-state index in [2.05, 4.69) is 27.3 Å². The van der Waals surface area contributed by atoms with Crippen LogP contribution in [0, 0.1) is 11.3 Å². The molecule has 1 aliphatic heterocycles. The second-order valence-electron chi connectivity index (χ2n) is 3.51. The van der Waals surface area contributed by atoms with Crippen LogP contribution in [0.5, 0.6) is 0 Å². The smallest absolute Gasteiger partial charge is 0.0992 e. The zero-order valence-corrected chi connectivity index (χ0v) is 9.75. The number of halogens is 1. The molecule has 4 heteroatoms. The van der Waals surface area contributed by atoms with E-state index in [9.17, 15) is 0 Å². The third kappa shape index (κ3) is 2.49. The van der Waals surface area contributed by atoms with E-state index >= 15 is 0 Å². The molecule has 1 fully saturated rings. The molecule has 0 bridgehead atoms. The Kier molecular flexibility index (Phi) is 3.24. The maximum absolute atomic E-state index is 8.73. The second kappa shape index (κ2) is 4.65. The summed E-state index contributed by atoms with van der Waals surface area (Å²) < 4.78 is 6.21. The first-order valence-electron chi connectivity index (χ1n) is 4.83. The Balaban J connectivity index is 2.11. The molecule has 0 amide bonds. The van der Waals surface area contributed by atoms with Gasteiger partial charge in [0.05, 0.1) is 24.3 Å². The third-order valence-electron chi connectivity index (χ3n) is 2.39. The van der Waals surface area contributed by atoms with Crippen molar-refractivity contribution in [1.82, 2.24) is 0 Å². The Bertz CT molecular complexity index is 394. The van der Waals surface area contributed by atoms with Crippen molar-refractivity contribution in [3.05, 3.63) is 28.2 Å². The van der Waals surface area contributed by atoms with Gasteiger partial charge in [-0.1, -0.05) is 0 Å². The van der Waals surface area contributed by atoms with E-state index in [1.807, 2.05) is 18.2 Å². The van der Waals surface area contributed by atoms with Crippen molar-refractivity contribution in [2.45, 2.75) is 12.5 Å². The molecule has 0 aliphatic carbocycles. The molecular formula is C11H11BrN2O. The van der Waals surface area contributed by atoms with E-state index in [-0.39, 0.29) is 0 Å².